The smallest absolute Gasteiger partial charge is 0.411 e. The van der Waals surface area contributed by atoms with Crippen molar-refractivity contribution in [3.05, 3.63) is 63.6 Å². The second kappa shape index (κ2) is 10.7. The fourth-order valence-electron chi connectivity index (χ4n) is 3.06. The Labute approximate surface area is 193 Å². The van der Waals surface area contributed by atoms with Crippen LogP contribution >= 0.6 is 15.9 Å². The van der Waals surface area contributed by atoms with Gasteiger partial charge in [0.1, 0.15) is 5.60 Å². The van der Waals surface area contributed by atoms with Gasteiger partial charge in [0.2, 0.25) is 0 Å². The number of nitrogens with zero attached hydrogens (tertiary/aromatic N) is 1. The van der Waals surface area contributed by atoms with E-state index in [1.807, 2.05) is 71.0 Å². The van der Waals surface area contributed by atoms with Gasteiger partial charge in [0, 0.05) is 29.7 Å². The Morgan fingerprint density at radius 1 is 1.16 bits per heavy atom. The molecular weight excluding hydrogens is 460 g/mol. The van der Waals surface area contributed by atoms with E-state index in [4.69, 9.17) is 9.47 Å². The number of hydrogen-bond acceptors (Lipinski definition) is 4. The third kappa shape index (κ3) is 8.25. The van der Waals surface area contributed by atoms with Gasteiger partial charge in [-0.1, -0.05) is 41.1 Å². The van der Waals surface area contributed by atoms with Crippen molar-refractivity contribution in [2.45, 2.75) is 52.7 Å². The van der Waals surface area contributed by atoms with Crippen LogP contribution in [0.1, 0.15) is 50.3 Å². The third-order valence-corrected chi connectivity index (χ3v) is 5.02. The number of ether oxygens (including phenoxy) is 2. The van der Waals surface area contributed by atoms with Crippen LogP contribution < -0.4 is 5.32 Å². The number of anilines is 1. The maximum atomic E-state index is 12.3. The van der Waals surface area contributed by atoms with Gasteiger partial charge in [0.05, 0.1) is 6.61 Å². The predicted octanol–water partition coefficient (Wildman–Crippen LogP) is 6.48. The SMILES string of the molecule is Cc1cc(Br)ccc1[C@@H](C)COC(=O)Nc1cccc(CN(C)C(=O)OC(C)(C)C)c1. The zero-order chi connectivity index (χ0) is 23.2. The summed E-state index contributed by atoms with van der Waals surface area (Å²) in [4.78, 5) is 25.9. The Hall–Kier alpha value is -2.54. The Balaban J connectivity index is 1.90. The van der Waals surface area contributed by atoms with Crippen molar-refractivity contribution >= 4 is 33.8 Å². The maximum absolute atomic E-state index is 12.3. The molecule has 31 heavy (non-hydrogen) atoms. The van der Waals surface area contributed by atoms with Gasteiger partial charge in [-0.2, -0.15) is 0 Å². The summed E-state index contributed by atoms with van der Waals surface area (Å²) in [6.07, 6.45) is -0.915. The minimum absolute atomic E-state index is 0.0765. The van der Waals surface area contributed by atoms with E-state index in [2.05, 4.69) is 21.2 Å². The number of aryl methyl sites for hydroxylation is 1. The molecule has 2 aromatic rings. The number of halogens is 1. The molecule has 1 N–H and O–H groups in total. The standard InChI is InChI=1S/C24H31BrN2O4/c1-16-12-19(25)10-11-21(16)17(2)15-30-22(28)26-20-9-7-8-18(13-20)14-27(6)23(29)31-24(3,4)5/h7-13,17H,14-15H2,1-6H3,(H,26,28)/t17-/m0/s1. The van der Waals surface area contributed by atoms with E-state index < -0.39 is 17.8 Å². The van der Waals surface area contributed by atoms with Crippen molar-refractivity contribution in [1.29, 1.82) is 0 Å². The van der Waals surface area contributed by atoms with Gasteiger partial charge in [-0.15, -0.1) is 0 Å². The number of rotatable bonds is 6. The Bertz CT molecular complexity index is 924. The molecule has 0 aliphatic carbocycles. The normalized spacial score (nSPS) is 12.1. The quantitative estimate of drug-likeness (QED) is 0.503. The molecule has 2 rings (SSSR count). The number of amides is 2. The largest absolute Gasteiger partial charge is 0.449 e. The average molecular weight is 491 g/mol. The first kappa shape index (κ1) is 24.7. The Morgan fingerprint density at radius 3 is 2.52 bits per heavy atom. The molecule has 0 saturated carbocycles. The number of benzene rings is 2. The van der Waals surface area contributed by atoms with Gasteiger partial charge in [0.15, 0.2) is 0 Å². The molecule has 0 aromatic heterocycles. The summed E-state index contributed by atoms with van der Waals surface area (Å²) in [5.41, 5.74) is 3.21. The molecule has 168 valence electrons. The van der Waals surface area contributed by atoms with Gasteiger partial charge in [-0.3, -0.25) is 5.32 Å². The lowest BCUT2D eigenvalue weighted by atomic mass is 9.97. The van der Waals surface area contributed by atoms with E-state index in [0.29, 0.717) is 12.2 Å². The summed E-state index contributed by atoms with van der Waals surface area (Å²) in [5, 5.41) is 2.75. The highest BCUT2D eigenvalue weighted by Crippen LogP contribution is 2.23. The first-order valence-corrected chi connectivity index (χ1v) is 11.0. The van der Waals surface area contributed by atoms with Gasteiger partial charge in [-0.05, 0) is 68.7 Å². The van der Waals surface area contributed by atoms with E-state index in [9.17, 15) is 9.59 Å². The lowest BCUT2D eigenvalue weighted by Gasteiger charge is -2.24. The minimum Gasteiger partial charge on any atom is -0.449 e. The molecule has 1 atom stereocenters. The van der Waals surface area contributed by atoms with Crippen LogP contribution in [0.3, 0.4) is 0 Å². The van der Waals surface area contributed by atoms with E-state index in [0.717, 1.165) is 21.2 Å². The fraction of sp³-hybridized carbons (Fsp3) is 0.417. The van der Waals surface area contributed by atoms with Crippen molar-refractivity contribution < 1.29 is 19.1 Å². The predicted molar refractivity (Wildman–Crippen MR) is 126 cm³/mol. The molecule has 2 amide bonds. The number of carbonyl (C=O) groups is 2. The van der Waals surface area contributed by atoms with Crippen LogP contribution in [0, 0.1) is 6.92 Å². The number of hydrogen-bond donors (Lipinski definition) is 1. The molecule has 0 fully saturated rings. The van der Waals surface area contributed by atoms with Gasteiger partial charge in [0.25, 0.3) is 0 Å². The lowest BCUT2D eigenvalue weighted by molar-refractivity contribution is 0.0285. The van der Waals surface area contributed by atoms with Crippen LogP contribution in [-0.2, 0) is 16.0 Å². The van der Waals surface area contributed by atoms with Crippen molar-refractivity contribution in [2.24, 2.45) is 0 Å². The topological polar surface area (TPSA) is 67.9 Å². The van der Waals surface area contributed by atoms with Gasteiger partial charge in [-0.25, -0.2) is 9.59 Å². The van der Waals surface area contributed by atoms with Crippen LogP contribution in [-0.4, -0.2) is 36.3 Å². The molecular formula is C24H31BrN2O4. The highest BCUT2D eigenvalue weighted by Gasteiger charge is 2.19. The second-order valence-electron chi connectivity index (χ2n) is 8.66. The lowest BCUT2D eigenvalue weighted by Crippen LogP contribution is -2.33. The first-order chi connectivity index (χ1) is 14.4. The summed E-state index contributed by atoms with van der Waals surface area (Å²) in [6.45, 7) is 10.2. The van der Waals surface area contributed by atoms with Crippen molar-refractivity contribution in [2.75, 3.05) is 19.0 Å². The Morgan fingerprint density at radius 2 is 1.87 bits per heavy atom. The molecule has 0 unspecified atom stereocenters. The fourth-order valence-corrected chi connectivity index (χ4v) is 3.54. The van der Waals surface area contributed by atoms with E-state index >= 15 is 0 Å². The number of nitrogens with one attached hydrogen (secondary N) is 1. The summed E-state index contributed by atoms with van der Waals surface area (Å²) in [5.74, 6) is 0.0765. The average Bonchev–Trinajstić information content (AvgIpc) is 2.65. The Kier molecular flexibility index (Phi) is 8.51. The molecule has 0 heterocycles. The molecule has 0 aliphatic rings. The van der Waals surface area contributed by atoms with Gasteiger partial charge < -0.3 is 14.4 Å². The zero-order valence-corrected chi connectivity index (χ0v) is 20.6. The summed E-state index contributed by atoms with van der Waals surface area (Å²) in [7, 11) is 1.67. The second-order valence-corrected chi connectivity index (χ2v) is 9.58. The van der Waals surface area contributed by atoms with Crippen molar-refractivity contribution in [3.8, 4) is 0 Å². The molecule has 2 aromatic carbocycles. The van der Waals surface area contributed by atoms with Crippen molar-refractivity contribution in [3.63, 3.8) is 0 Å². The van der Waals surface area contributed by atoms with Crippen molar-refractivity contribution in [1.82, 2.24) is 4.90 Å². The monoisotopic (exact) mass is 490 g/mol. The zero-order valence-electron chi connectivity index (χ0n) is 19.0. The maximum Gasteiger partial charge on any atom is 0.411 e. The molecule has 0 saturated heterocycles. The van der Waals surface area contributed by atoms with Crippen LogP contribution in [0.5, 0.6) is 0 Å². The molecule has 0 bridgehead atoms. The van der Waals surface area contributed by atoms with Crippen LogP contribution in [0.15, 0.2) is 46.9 Å². The number of carbonyl (C=O) groups excluding carboxylic acids is 2. The molecule has 0 spiro atoms. The molecule has 0 radical (unpaired) electrons. The molecule has 6 nitrogen and oxygen atoms in total. The molecule has 7 heteroatoms. The van der Waals surface area contributed by atoms with Gasteiger partial charge >= 0.3 is 12.2 Å². The molecule has 0 aliphatic heterocycles. The minimum atomic E-state index is -0.551. The summed E-state index contributed by atoms with van der Waals surface area (Å²) >= 11 is 3.46. The summed E-state index contributed by atoms with van der Waals surface area (Å²) < 4.78 is 11.8. The third-order valence-electron chi connectivity index (χ3n) is 4.53. The van der Waals surface area contributed by atoms with E-state index in [1.165, 1.54) is 4.90 Å². The van der Waals surface area contributed by atoms with Crippen LogP contribution in [0.25, 0.3) is 0 Å². The van der Waals surface area contributed by atoms with E-state index in [1.54, 1.807) is 13.1 Å². The first-order valence-electron chi connectivity index (χ1n) is 10.2. The van der Waals surface area contributed by atoms with E-state index in [-0.39, 0.29) is 12.5 Å². The van der Waals surface area contributed by atoms with Crippen LogP contribution in [0.2, 0.25) is 0 Å². The highest BCUT2D eigenvalue weighted by molar-refractivity contribution is 9.10. The highest BCUT2D eigenvalue weighted by atomic mass is 79.9. The summed E-state index contributed by atoms with van der Waals surface area (Å²) in [6, 6.07) is 13.4. The van der Waals surface area contributed by atoms with Crippen LogP contribution in [0.4, 0.5) is 15.3 Å².